The highest BCUT2D eigenvalue weighted by atomic mass is 32.2. The maximum atomic E-state index is 12.0. The number of rotatable bonds is 9. The molecule has 8 nitrogen and oxygen atoms in total. The van der Waals surface area contributed by atoms with Gasteiger partial charge in [-0.15, -0.1) is 11.8 Å². The maximum Gasteiger partial charge on any atom is 0.283 e. The van der Waals surface area contributed by atoms with Gasteiger partial charge in [-0.25, -0.2) is 0 Å². The Labute approximate surface area is 154 Å². The zero-order valence-corrected chi connectivity index (χ0v) is 15.0. The Morgan fingerprint density at radius 3 is 2.77 bits per heavy atom. The third-order valence-corrected chi connectivity index (χ3v) is 4.67. The molecule has 1 unspecified atom stereocenters. The van der Waals surface area contributed by atoms with Gasteiger partial charge in [0.15, 0.2) is 0 Å². The summed E-state index contributed by atoms with van der Waals surface area (Å²) in [7, 11) is 0. The van der Waals surface area contributed by atoms with Crippen molar-refractivity contribution < 1.29 is 18.9 Å². The van der Waals surface area contributed by atoms with Crippen molar-refractivity contribution in [3.8, 4) is 0 Å². The van der Waals surface area contributed by atoms with Gasteiger partial charge in [0.05, 0.1) is 21.8 Å². The maximum absolute atomic E-state index is 12.0. The van der Waals surface area contributed by atoms with E-state index in [2.05, 4.69) is 5.32 Å². The van der Waals surface area contributed by atoms with Gasteiger partial charge in [-0.05, 0) is 37.6 Å². The van der Waals surface area contributed by atoms with Crippen molar-refractivity contribution in [2.75, 3.05) is 5.75 Å². The SMILES string of the molecule is CC(CCc1ccco1)NC(=O)CSc1ccc(C(N)=O)cc1[N+](=O)[O-]. The topological polar surface area (TPSA) is 128 Å². The number of primary amides is 1. The van der Waals surface area contributed by atoms with Crippen LogP contribution in [0.2, 0.25) is 0 Å². The van der Waals surface area contributed by atoms with Crippen molar-refractivity contribution in [3.05, 3.63) is 58.0 Å². The molecule has 1 aromatic heterocycles. The first kappa shape index (κ1) is 19.5. The van der Waals surface area contributed by atoms with Crippen LogP contribution in [0.1, 0.15) is 29.5 Å². The number of thioether (sulfide) groups is 1. The second-order valence-corrected chi connectivity index (χ2v) is 6.70. The lowest BCUT2D eigenvalue weighted by Gasteiger charge is -2.13. The highest BCUT2D eigenvalue weighted by molar-refractivity contribution is 8.00. The second kappa shape index (κ2) is 9.04. The van der Waals surface area contributed by atoms with Gasteiger partial charge in [-0.3, -0.25) is 19.7 Å². The highest BCUT2D eigenvalue weighted by Crippen LogP contribution is 2.30. The third kappa shape index (κ3) is 5.62. The van der Waals surface area contributed by atoms with Gasteiger partial charge in [0.1, 0.15) is 5.76 Å². The Morgan fingerprint density at radius 2 is 2.15 bits per heavy atom. The number of furan rings is 1. The Morgan fingerprint density at radius 1 is 1.38 bits per heavy atom. The molecule has 26 heavy (non-hydrogen) atoms. The van der Waals surface area contributed by atoms with Crippen LogP contribution in [-0.4, -0.2) is 28.5 Å². The standard InChI is InChI=1S/C17H19N3O5S/c1-11(4-6-13-3-2-8-25-13)19-16(21)10-26-15-7-5-12(17(18)22)9-14(15)20(23)24/h2-3,5,7-9,11H,4,6,10H2,1H3,(H2,18,22)(H,19,21). The normalized spacial score (nSPS) is 11.7. The quantitative estimate of drug-likeness (QED) is 0.392. The van der Waals surface area contributed by atoms with Crippen molar-refractivity contribution in [2.24, 2.45) is 5.73 Å². The number of nitrogens with one attached hydrogen (secondary N) is 1. The van der Waals surface area contributed by atoms with Gasteiger partial charge in [0, 0.05) is 24.1 Å². The molecule has 2 aromatic rings. The molecule has 0 aliphatic carbocycles. The summed E-state index contributed by atoms with van der Waals surface area (Å²) in [6.07, 6.45) is 3.03. The van der Waals surface area contributed by atoms with Crippen LogP contribution in [0.15, 0.2) is 45.9 Å². The van der Waals surface area contributed by atoms with E-state index in [9.17, 15) is 19.7 Å². The molecule has 138 valence electrons. The van der Waals surface area contributed by atoms with E-state index in [-0.39, 0.29) is 29.0 Å². The molecule has 0 fully saturated rings. The number of hydrogen-bond acceptors (Lipinski definition) is 6. The van der Waals surface area contributed by atoms with E-state index < -0.39 is 10.8 Å². The number of aryl methyl sites for hydroxylation is 1. The van der Waals surface area contributed by atoms with E-state index in [0.29, 0.717) is 11.3 Å². The fourth-order valence-corrected chi connectivity index (χ4v) is 3.10. The molecule has 1 aromatic carbocycles. The average molecular weight is 377 g/mol. The number of hydrogen-bond donors (Lipinski definition) is 2. The van der Waals surface area contributed by atoms with Crippen LogP contribution in [0.3, 0.4) is 0 Å². The zero-order chi connectivity index (χ0) is 19.1. The number of carbonyl (C=O) groups is 2. The summed E-state index contributed by atoms with van der Waals surface area (Å²) in [5.41, 5.74) is 4.94. The zero-order valence-electron chi connectivity index (χ0n) is 14.1. The monoisotopic (exact) mass is 377 g/mol. The Bertz CT molecular complexity index is 792. The number of nitro benzene ring substituents is 1. The molecule has 0 radical (unpaired) electrons. The van der Waals surface area contributed by atoms with E-state index >= 15 is 0 Å². The third-order valence-electron chi connectivity index (χ3n) is 3.61. The van der Waals surface area contributed by atoms with E-state index in [4.69, 9.17) is 10.2 Å². The minimum absolute atomic E-state index is 0.0296. The highest BCUT2D eigenvalue weighted by Gasteiger charge is 2.18. The predicted molar refractivity (Wildman–Crippen MR) is 97.0 cm³/mol. The summed E-state index contributed by atoms with van der Waals surface area (Å²) in [4.78, 5) is 34.0. The molecule has 2 rings (SSSR count). The summed E-state index contributed by atoms with van der Waals surface area (Å²) in [5.74, 6) is -0.0874. The van der Waals surface area contributed by atoms with Crippen LogP contribution in [0.25, 0.3) is 0 Å². The molecule has 0 saturated carbocycles. The van der Waals surface area contributed by atoms with Gasteiger partial charge in [0.25, 0.3) is 5.69 Å². The fraction of sp³-hybridized carbons (Fsp3) is 0.294. The molecule has 1 heterocycles. The lowest BCUT2D eigenvalue weighted by molar-refractivity contribution is -0.387. The first-order chi connectivity index (χ1) is 12.4. The van der Waals surface area contributed by atoms with Crippen molar-refractivity contribution in [2.45, 2.75) is 30.7 Å². The van der Waals surface area contributed by atoms with Crippen LogP contribution in [-0.2, 0) is 11.2 Å². The average Bonchev–Trinajstić information content (AvgIpc) is 3.11. The van der Waals surface area contributed by atoms with Crippen LogP contribution in [0.5, 0.6) is 0 Å². The molecular formula is C17H19N3O5S. The molecule has 2 amide bonds. The smallest absolute Gasteiger partial charge is 0.283 e. The van der Waals surface area contributed by atoms with E-state index in [1.807, 2.05) is 19.1 Å². The number of benzene rings is 1. The molecule has 1 atom stereocenters. The van der Waals surface area contributed by atoms with Crippen LogP contribution < -0.4 is 11.1 Å². The fourth-order valence-electron chi connectivity index (χ4n) is 2.28. The molecule has 0 saturated heterocycles. The summed E-state index contributed by atoms with van der Waals surface area (Å²) in [5, 5.41) is 14.0. The molecular weight excluding hydrogens is 358 g/mol. The van der Waals surface area contributed by atoms with Gasteiger partial charge in [0.2, 0.25) is 11.8 Å². The number of nitrogens with zero attached hydrogens (tertiary/aromatic N) is 1. The van der Waals surface area contributed by atoms with E-state index in [1.54, 1.807) is 6.26 Å². The lowest BCUT2D eigenvalue weighted by Crippen LogP contribution is -2.34. The minimum Gasteiger partial charge on any atom is -0.469 e. The van der Waals surface area contributed by atoms with Crippen molar-refractivity contribution in [3.63, 3.8) is 0 Å². The molecule has 0 aliphatic heterocycles. The summed E-state index contributed by atoms with van der Waals surface area (Å²) in [6, 6.07) is 7.58. The second-order valence-electron chi connectivity index (χ2n) is 5.68. The van der Waals surface area contributed by atoms with Gasteiger partial charge in [-0.2, -0.15) is 0 Å². The molecule has 3 N–H and O–H groups in total. The molecule has 0 bridgehead atoms. The number of carbonyl (C=O) groups excluding carboxylic acids is 2. The van der Waals surface area contributed by atoms with Gasteiger partial charge >= 0.3 is 0 Å². The molecule has 0 aliphatic rings. The molecule has 9 heteroatoms. The first-order valence-corrected chi connectivity index (χ1v) is 8.88. The number of nitro groups is 1. The van der Waals surface area contributed by atoms with Crippen LogP contribution in [0, 0.1) is 10.1 Å². The van der Waals surface area contributed by atoms with Gasteiger partial charge < -0.3 is 15.5 Å². The van der Waals surface area contributed by atoms with E-state index in [0.717, 1.165) is 30.0 Å². The Balaban J connectivity index is 1.88. The van der Waals surface area contributed by atoms with Crippen molar-refractivity contribution >= 4 is 29.3 Å². The number of nitrogens with two attached hydrogens (primary N) is 1. The summed E-state index contributed by atoms with van der Waals surface area (Å²) >= 11 is 1.04. The largest absolute Gasteiger partial charge is 0.469 e. The Hall–Kier alpha value is -2.81. The number of amides is 2. The first-order valence-electron chi connectivity index (χ1n) is 7.89. The predicted octanol–water partition coefficient (Wildman–Crippen LogP) is 2.52. The summed E-state index contributed by atoms with van der Waals surface area (Å²) < 4.78 is 5.24. The summed E-state index contributed by atoms with van der Waals surface area (Å²) in [6.45, 7) is 1.88. The minimum atomic E-state index is -0.743. The van der Waals surface area contributed by atoms with Crippen LogP contribution >= 0.6 is 11.8 Å². The lowest BCUT2D eigenvalue weighted by atomic mass is 10.1. The van der Waals surface area contributed by atoms with Crippen LogP contribution in [0.4, 0.5) is 5.69 Å². The Kier molecular flexibility index (Phi) is 6.79. The van der Waals surface area contributed by atoms with E-state index in [1.165, 1.54) is 12.1 Å². The van der Waals surface area contributed by atoms with Crippen molar-refractivity contribution in [1.29, 1.82) is 0 Å². The van der Waals surface area contributed by atoms with Gasteiger partial charge in [-0.1, -0.05) is 0 Å². The van der Waals surface area contributed by atoms with Crippen molar-refractivity contribution in [1.82, 2.24) is 5.32 Å². The molecule has 0 spiro atoms.